The molecule has 0 bridgehead atoms. The molecule has 0 aliphatic heterocycles. The molecule has 0 fully saturated rings. The van der Waals surface area contributed by atoms with E-state index in [2.05, 4.69) is 32.9 Å². The van der Waals surface area contributed by atoms with Gasteiger partial charge in [-0.3, -0.25) is 0 Å². The summed E-state index contributed by atoms with van der Waals surface area (Å²) >= 11 is 3.52. The summed E-state index contributed by atoms with van der Waals surface area (Å²) in [5, 5.41) is 13.8. The van der Waals surface area contributed by atoms with Crippen molar-refractivity contribution in [3.63, 3.8) is 0 Å². The maximum Gasteiger partial charge on any atom is 0.154 e. The van der Waals surface area contributed by atoms with Gasteiger partial charge in [-0.1, -0.05) is 13.3 Å². The van der Waals surface area contributed by atoms with Gasteiger partial charge in [0, 0.05) is 5.69 Å². The zero-order valence-corrected chi connectivity index (χ0v) is 13.0. The first-order valence-electron chi connectivity index (χ1n) is 6.39. The Morgan fingerprint density at radius 1 is 1.32 bits per heavy atom. The number of aryl methyl sites for hydroxylation is 2. The molecule has 102 valence electrons. The van der Waals surface area contributed by atoms with Gasteiger partial charge in [0.2, 0.25) is 0 Å². The number of hydrogen-bond donors (Lipinski definition) is 1. The van der Waals surface area contributed by atoms with E-state index in [0.717, 1.165) is 45.8 Å². The topological polar surface area (TPSA) is 50.9 Å². The van der Waals surface area contributed by atoms with Gasteiger partial charge in [-0.2, -0.15) is 5.10 Å². The van der Waals surface area contributed by atoms with Crippen molar-refractivity contribution in [1.29, 1.82) is 0 Å². The fourth-order valence-corrected chi connectivity index (χ4v) is 2.31. The van der Waals surface area contributed by atoms with Gasteiger partial charge < -0.3 is 5.11 Å². The molecule has 0 atom stereocenters. The van der Waals surface area contributed by atoms with E-state index in [9.17, 15) is 5.11 Å². The van der Waals surface area contributed by atoms with Gasteiger partial charge in [-0.25, -0.2) is 9.67 Å². The maximum atomic E-state index is 9.36. The number of pyridine rings is 1. The lowest BCUT2D eigenvalue weighted by Gasteiger charge is -2.08. The van der Waals surface area contributed by atoms with E-state index in [1.807, 2.05) is 30.7 Å². The maximum absolute atomic E-state index is 9.36. The lowest BCUT2D eigenvalue weighted by atomic mass is 10.1. The summed E-state index contributed by atoms with van der Waals surface area (Å²) in [6.07, 6.45) is 1.93. The standard InChI is InChI=1S/C14H18BrN3O/c1-4-5-12-6-11(8-19)7-13(16-12)18-10(3)14(15)9(2)17-18/h6-7,19H,4-5,8H2,1-3H3. The third kappa shape index (κ3) is 2.87. The van der Waals surface area contributed by atoms with Gasteiger partial charge in [0.15, 0.2) is 5.82 Å². The molecule has 2 heterocycles. The molecule has 0 aromatic carbocycles. The number of halogens is 1. The number of aliphatic hydroxyl groups excluding tert-OH is 1. The zero-order chi connectivity index (χ0) is 14.0. The number of aromatic nitrogens is 3. The average Bonchev–Trinajstić information content (AvgIpc) is 2.66. The predicted octanol–water partition coefficient (Wildman–Crippen LogP) is 3.09. The Labute approximate surface area is 121 Å². The second kappa shape index (κ2) is 5.84. The summed E-state index contributed by atoms with van der Waals surface area (Å²) in [7, 11) is 0. The highest BCUT2D eigenvalue weighted by atomic mass is 79.9. The van der Waals surface area contributed by atoms with Crippen LogP contribution in [0.15, 0.2) is 16.6 Å². The van der Waals surface area contributed by atoms with Gasteiger partial charge in [0.05, 0.1) is 22.5 Å². The summed E-state index contributed by atoms with van der Waals surface area (Å²) in [5.41, 5.74) is 3.82. The van der Waals surface area contributed by atoms with Crippen molar-refractivity contribution in [2.24, 2.45) is 0 Å². The minimum atomic E-state index is 0.0205. The molecule has 0 radical (unpaired) electrons. The number of nitrogens with zero attached hydrogens (tertiary/aromatic N) is 3. The Bertz CT molecular complexity index is 593. The molecule has 0 aliphatic rings. The lowest BCUT2D eigenvalue weighted by molar-refractivity contribution is 0.281. The minimum absolute atomic E-state index is 0.0205. The van der Waals surface area contributed by atoms with Gasteiger partial charge in [-0.05, 0) is 53.9 Å². The summed E-state index contributed by atoms with van der Waals surface area (Å²) in [4.78, 5) is 4.63. The Morgan fingerprint density at radius 3 is 2.58 bits per heavy atom. The Kier molecular flexibility index (Phi) is 4.37. The minimum Gasteiger partial charge on any atom is -0.392 e. The molecule has 1 N–H and O–H groups in total. The highest BCUT2D eigenvalue weighted by molar-refractivity contribution is 9.10. The number of aliphatic hydroxyl groups is 1. The molecular weight excluding hydrogens is 306 g/mol. The van der Waals surface area contributed by atoms with Crippen molar-refractivity contribution in [3.8, 4) is 5.82 Å². The molecule has 2 aromatic heterocycles. The molecule has 5 heteroatoms. The van der Waals surface area contributed by atoms with Crippen molar-refractivity contribution in [2.75, 3.05) is 0 Å². The molecule has 2 aromatic rings. The van der Waals surface area contributed by atoms with Gasteiger partial charge in [-0.15, -0.1) is 0 Å². The van der Waals surface area contributed by atoms with Gasteiger partial charge in [0.25, 0.3) is 0 Å². The first-order valence-corrected chi connectivity index (χ1v) is 7.19. The van der Waals surface area contributed by atoms with E-state index < -0.39 is 0 Å². The number of rotatable bonds is 4. The summed E-state index contributed by atoms with van der Waals surface area (Å²) < 4.78 is 2.82. The molecule has 4 nitrogen and oxygen atoms in total. The third-order valence-corrected chi connectivity index (χ3v) is 4.18. The largest absolute Gasteiger partial charge is 0.392 e. The molecule has 0 amide bonds. The van der Waals surface area contributed by atoms with Crippen molar-refractivity contribution >= 4 is 15.9 Å². The summed E-state index contributed by atoms with van der Waals surface area (Å²) in [5.74, 6) is 0.765. The van der Waals surface area contributed by atoms with E-state index in [4.69, 9.17) is 0 Å². The predicted molar refractivity (Wildman–Crippen MR) is 78.5 cm³/mol. The van der Waals surface area contributed by atoms with Crippen molar-refractivity contribution in [1.82, 2.24) is 14.8 Å². The molecule has 0 unspecified atom stereocenters. The van der Waals surface area contributed by atoms with Crippen LogP contribution in [0.5, 0.6) is 0 Å². The van der Waals surface area contributed by atoms with Crippen LogP contribution >= 0.6 is 15.9 Å². The smallest absolute Gasteiger partial charge is 0.154 e. The van der Waals surface area contributed by atoms with Crippen LogP contribution in [0.3, 0.4) is 0 Å². The molecule has 2 rings (SSSR count). The van der Waals surface area contributed by atoms with E-state index in [1.165, 1.54) is 0 Å². The van der Waals surface area contributed by atoms with Crippen LogP contribution in [0.4, 0.5) is 0 Å². The van der Waals surface area contributed by atoms with E-state index in [1.54, 1.807) is 0 Å². The fourth-order valence-electron chi connectivity index (χ4n) is 2.06. The van der Waals surface area contributed by atoms with Crippen LogP contribution in [-0.2, 0) is 13.0 Å². The highest BCUT2D eigenvalue weighted by Crippen LogP contribution is 2.23. The van der Waals surface area contributed by atoms with Crippen molar-refractivity contribution in [2.45, 2.75) is 40.2 Å². The molecular formula is C14H18BrN3O. The first kappa shape index (κ1) is 14.2. The zero-order valence-electron chi connectivity index (χ0n) is 11.4. The lowest BCUT2D eigenvalue weighted by Crippen LogP contribution is -2.06. The monoisotopic (exact) mass is 323 g/mol. The van der Waals surface area contributed by atoms with Crippen LogP contribution in [0.2, 0.25) is 0 Å². The average molecular weight is 324 g/mol. The third-order valence-electron chi connectivity index (χ3n) is 3.03. The number of hydrogen-bond acceptors (Lipinski definition) is 3. The van der Waals surface area contributed by atoms with E-state index in [0.29, 0.717) is 0 Å². The summed E-state index contributed by atoms with van der Waals surface area (Å²) in [6.45, 7) is 6.09. The molecule has 19 heavy (non-hydrogen) atoms. The van der Waals surface area contributed by atoms with E-state index in [-0.39, 0.29) is 6.61 Å². The van der Waals surface area contributed by atoms with Crippen LogP contribution in [0.25, 0.3) is 5.82 Å². The van der Waals surface area contributed by atoms with E-state index >= 15 is 0 Å². The Hall–Kier alpha value is -1.20. The van der Waals surface area contributed by atoms with Crippen LogP contribution in [0.1, 0.15) is 36.0 Å². The molecule has 0 saturated carbocycles. The Morgan fingerprint density at radius 2 is 2.05 bits per heavy atom. The van der Waals surface area contributed by atoms with Crippen LogP contribution in [-0.4, -0.2) is 19.9 Å². The van der Waals surface area contributed by atoms with Crippen molar-refractivity contribution < 1.29 is 5.11 Å². The molecule has 0 spiro atoms. The van der Waals surface area contributed by atoms with Gasteiger partial charge >= 0.3 is 0 Å². The second-order valence-corrected chi connectivity index (χ2v) is 5.42. The molecule has 0 aliphatic carbocycles. The van der Waals surface area contributed by atoms with Gasteiger partial charge in [0.1, 0.15) is 0 Å². The highest BCUT2D eigenvalue weighted by Gasteiger charge is 2.12. The quantitative estimate of drug-likeness (QED) is 0.940. The summed E-state index contributed by atoms with van der Waals surface area (Å²) in [6, 6.07) is 3.83. The van der Waals surface area contributed by atoms with Crippen LogP contribution in [0, 0.1) is 13.8 Å². The normalized spacial score (nSPS) is 11.0. The SMILES string of the molecule is CCCc1cc(CO)cc(-n2nc(C)c(Br)c2C)n1. The Balaban J connectivity index is 2.54. The molecule has 0 saturated heterocycles. The first-order chi connectivity index (χ1) is 9.06. The second-order valence-electron chi connectivity index (χ2n) is 4.63. The van der Waals surface area contributed by atoms with Crippen LogP contribution < -0.4 is 0 Å². The fraction of sp³-hybridized carbons (Fsp3) is 0.429. The van der Waals surface area contributed by atoms with Crippen molar-refractivity contribution in [3.05, 3.63) is 39.3 Å².